The van der Waals surface area contributed by atoms with E-state index in [0.29, 0.717) is 60.6 Å². The van der Waals surface area contributed by atoms with E-state index < -0.39 is 55.2 Å². The van der Waals surface area contributed by atoms with Gasteiger partial charge in [-0.05, 0) is 74.2 Å². The Kier molecular flexibility index (Phi) is 18.5. The third kappa shape index (κ3) is 12.3. The van der Waals surface area contributed by atoms with Crippen LogP contribution in [0.25, 0.3) is 21.8 Å². The fraction of sp³-hybridized carbons (Fsp3) is 0.308. The van der Waals surface area contributed by atoms with Gasteiger partial charge >= 0.3 is 121 Å². The van der Waals surface area contributed by atoms with Gasteiger partial charge in [0.2, 0.25) is 11.8 Å². The van der Waals surface area contributed by atoms with E-state index >= 15 is 0 Å². The number of fused-ring (bicyclic) bond motifs is 2. The number of aromatic nitrogens is 2. The molecule has 2 aliphatic rings. The molecule has 19 nitrogen and oxygen atoms in total. The molecule has 6 rings (SSSR count). The van der Waals surface area contributed by atoms with Gasteiger partial charge in [0, 0.05) is 36.3 Å². The molecule has 2 aromatic heterocycles. The zero-order valence-corrected chi connectivity index (χ0v) is 38.9. The molecule has 0 spiro atoms. The van der Waals surface area contributed by atoms with Gasteiger partial charge in [0.15, 0.2) is 13.2 Å². The maximum Gasteiger partial charge on any atom is 1.00 e. The number of hydrogen-bond donors (Lipinski definition) is 2. The summed E-state index contributed by atoms with van der Waals surface area (Å²) in [5.74, 6) is -4.14. The first-order chi connectivity index (χ1) is 28.0. The third-order valence-electron chi connectivity index (χ3n) is 9.27. The number of benzene rings is 2. The van der Waals surface area contributed by atoms with Crippen LogP contribution < -0.4 is 123 Å². The Morgan fingerprint density at radius 1 is 0.667 bits per heavy atom. The second kappa shape index (κ2) is 23.0. The summed E-state index contributed by atoms with van der Waals surface area (Å²) < 4.78 is 19.9. The summed E-state index contributed by atoms with van der Waals surface area (Å²) in [7, 11) is 0. The standard InChI is InChI=1S/C39H34N8O11.2K.2H/c40-17-23-3-1-13-46(23)33(48)19-44-37(52)27-9-11-42-31-7-5-25(15-29(27)31)55-21-35(50)57-39(54)58-36(51)22-56-26-6-8-32-30(16-26)28(10-12-43-32)38(53)45-20-34(49)47-14-2-4-24(47)18-41;;;;/h5-12,15-16,23-24H,1-4,13-14,19-22H2,(H,44,52)(H,45,53);;;;/q;2*+1;2*-1/t23-,24-;;;;/m0..../s1. The molecule has 2 atom stereocenters. The molecule has 2 saturated heterocycles. The first-order valence-corrected chi connectivity index (χ1v) is 18.0. The number of carbonyl (C=O) groups is 7. The normalized spacial score (nSPS) is 15.3. The first-order valence-electron chi connectivity index (χ1n) is 18.0. The summed E-state index contributed by atoms with van der Waals surface area (Å²) in [4.78, 5) is 99.3. The Hall–Kier alpha value is -4.40. The van der Waals surface area contributed by atoms with Crippen molar-refractivity contribution in [3.8, 4) is 23.6 Å². The predicted octanol–water partition coefficient (Wildman–Crippen LogP) is -3.83. The van der Waals surface area contributed by atoms with Crippen LogP contribution in [0.5, 0.6) is 11.5 Å². The zero-order chi connectivity index (χ0) is 41.2. The Morgan fingerprint density at radius 3 is 1.48 bits per heavy atom. The molecule has 21 heteroatoms. The van der Waals surface area contributed by atoms with E-state index in [0.717, 1.165) is 0 Å². The topological polar surface area (TPSA) is 260 Å². The Morgan fingerprint density at radius 2 is 1.08 bits per heavy atom. The number of hydrogen-bond acceptors (Lipinski definition) is 15. The molecular weight excluding hydrogens is 835 g/mol. The third-order valence-corrected chi connectivity index (χ3v) is 9.27. The van der Waals surface area contributed by atoms with Crippen LogP contribution in [0, 0.1) is 22.7 Å². The minimum absolute atomic E-state index is 0. The molecule has 2 aliphatic heterocycles. The van der Waals surface area contributed by atoms with Gasteiger partial charge in [-0.2, -0.15) is 10.5 Å². The molecule has 4 amide bonds. The maximum absolute atomic E-state index is 13.0. The monoisotopic (exact) mass is 870 g/mol. The van der Waals surface area contributed by atoms with Gasteiger partial charge in [0.25, 0.3) is 11.8 Å². The molecule has 0 radical (unpaired) electrons. The van der Waals surface area contributed by atoms with E-state index in [4.69, 9.17) is 9.47 Å². The van der Waals surface area contributed by atoms with Gasteiger partial charge in [0.1, 0.15) is 23.6 Å². The number of ether oxygens (including phenoxy) is 4. The van der Waals surface area contributed by atoms with Gasteiger partial charge in [-0.25, -0.2) is 14.4 Å². The molecule has 2 N–H and O–H groups in total. The molecule has 0 saturated carbocycles. The molecule has 2 aromatic carbocycles. The second-order valence-corrected chi connectivity index (χ2v) is 13.0. The molecule has 60 heavy (non-hydrogen) atoms. The van der Waals surface area contributed by atoms with Crippen molar-refractivity contribution >= 4 is 63.5 Å². The summed E-state index contributed by atoms with van der Waals surface area (Å²) in [6, 6.07) is 14.8. The van der Waals surface area contributed by atoms with Gasteiger partial charge in [-0.1, -0.05) is 0 Å². The van der Waals surface area contributed by atoms with Gasteiger partial charge in [-0.15, -0.1) is 0 Å². The van der Waals surface area contributed by atoms with Gasteiger partial charge in [0.05, 0.1) is 47.4 Å². The summed E-state index contributed by atoms with van der Waals surface area (Å²) in [6.45, 7) is -1.33. The van der Waals surface area contributed by atoms with Gasteiger partial charge < -0.3 is 42.2 Å². The van der Waals surface area contributed by atoms with Crippen molar-refractivity contribution in [3.05, 3.63) is 72.1 Å². The zero-order valence-electron chi connectivity index (χ0n) is 34.7. The molecule has 0 unspecified atom stereocenters. The minimum atomic E-state index is -1.64. The second-order valence-electron chi connectivity index (χ2n) is 13.0. The van der Waals surface area contributed by atoms with Crippen LogP contribution in [0.4, 0.5) is 4.79 Å². The summed E-state index contributed by atoms with van der Waals surface area (Å²) in [6.07, 6.45) is 3.74. The Bertz CT molecular complexity index is 2250. The number of nitrogens with one attached hydrogen (secondary N) is 2. The van der Waals surface area contributed by atoms with E-state index in [1.54, 1.807) is 0 Å². The Labute approximate surface area is 430 Å². The summed E-state index contributed by atoms with van der Waals surface area (Å²) in [5.41, 5.74) is 1.14. The van der Waals surface area contributed by atoms with Crippen molar-refractivity contribution in [1.82, 2.24) is 30.4 Å². The smallest absolute Gasteiger partial charge is 1.00 e. The summed E-state index contributed by atoms with van der Waals surface area (Å²) >= 11 is 0. The average Bonchev–Trinajstić information content (AvgIpc) is 3.93. The largest absolute Gasteiger partial charge is 1.00 e. The SMILES string of the molecule is N#C[C@@H]1CCCN1C(=O)CNC(=O)c1ccnc2ccc(OCC(=O)OC(=O)OC(=O)COc3ccc4nccc(C(=O)NCC(=O)N5CCC[C@H]5C#N)c4c3)cc12.[H-].[H-].[K+].[K+]. The quantitative estimate of drug-likeness (QED) is 0.0786. The molecule has 2 fully saturated rings. The number of pyridine rings is 2. The molecule has 0 aliphatic carbocycles. The predicted molar refractivity (Wildman–Crippen MR) is 200 cm³/mol. The van der Waals surface area contributed by atoms with Crippen LogP contribution in [0.1, 0.15) is 49.3 Å². The van der Waals surface area contributed by atoms with Crippen LogP contribution in [0.3, 0.4) is 0 Å². The number of amides is 4. The molecule has 4 aromatic rings. The number of carbonyl (C=O) groups excluding carboxylic acids is 7. The van der Waals surface area contributed by atoms with Crippen LogP contribution in [-0.2, 0) is 28.7 Å². The fourth-order valence-corrected chi connectivity index (χ4v) is 6.48. The van der Waals surface area contributed by atoms with Crippen molar-refractivity contribution < 1.29 is 158 Å². The van der Waals surface area contributed by atoms with Crippen molar-refractivity contribution in [2.24, 2.45) is 0 Å². The Balaban J connectivity index is 0.00000331. The van der Waals surface area contributed by atoms with E-state index in [1.165, 1.54) is 70.7 Å². The number of likely N-dealkylation sites (tertiary alicyclic amines) is 2. The van der Waals surface area contributed by atoms with E-state index in [1.807, 2.05) is 0 Å². The number of rotatable bonds is 12. The van der Waals surface area contributed by atoms with Crippen LogP contribution in [0.2, 0.25) is 0 Å². The van der Waals surface area contributed by atoms with E-state index in [-0.39, 0.29) is 153 Å². The fourth-order valence-electron chi connectivity index (χ4n) is 6.48. The number of nitrogens with zero attached hydrogens (tertiary/aromatic N) is 6. The van der Waals surface area contributed by atoms with Crippen LogP contribution in [-0.4, -0.2) is 113 Å². The maximum atomic E-state index is 13.0. The molecule has 0 bridgehead atoms. The van der Waals surface area contributed by atoms with Crippen molar-refractivity contribution in [2.45, 2.75) is 37.8 Å². The van der Waals surface area contributed by atoms with Crippen LogP contribution >= 0.6 is 0 Å². The summed E-state index contributed by atoms with van der Waals surface area (Å²) in [5, 5.41) is 24.3. The number of nitriles is 2. The molecule has 4 heterocycles. The first kappa shape index (κ1) is 48.3. The van der Waals surface area contributed by atoms with E-state index in [9.17, 15) is 44.1 Å². The van der Waals surface area contributed by atoms with Gasteiger partial charge in [-0.3, -0.25) is 29.1 Å². The average molecular weight is 871 g/mol. The van der Waals surface area contributed by atoms with Crippen molar-refractivity contribution in [1.29, 1.82) is 10.5 Å². The van der Waals surface area contributed by atoms with Crippen molar-refractivity contribution in [3.63, 3.8) is 0 Å². The molecular formula is C39H36K2N8O11. The minimum Gasteiger partial charge on any atom is -1.00 e. The number of esters is 2. The molecule has 300 valence electrons. The van der Waals surface area contributed by atoms with Crippen LogP contribution in [0.15, 0.2) is 60.9 Å². The van der Waals surface area contributed by atoms with E-state index in [2.05, 4.69) is 42.2 Å². The van der Waals surface area contributed by atoms with Crippen molar-refractivity contribution in [2.75, 3.05) is 39.4 Å².